The summed E-state index contributed by atoms with van der Waals surface area (Å²) < 4.78 is 32.8. The van der Waals surface area contributed by atoms with Gasteiger partial charge in [-0.25, -0.2) is 4.57 Å². The van der Waals surface area contributed by atoms with E-state index in [2.05, 4.69) is 26.0 Å². The molecular weight excluding hydrogens is 731 g/mol. The Morgan fingerprint density at radius 2 is 0.875 bits per heavy atom. The number of unbranched alkanes of at least 4 members (excludes halogenated alkanes) is 28. The SMILES string of the molecule is CCCCCCCC/C=C/CCCCCCCC(=O)O[C@H](COC(=O)CCCCCCCCCCCCCCCCCCCC)COP(=O)(O)OC[C@@H](O)CO. The summed E-state index contributed by atoms with van der Waals surface area (Å²) in [6.45, 7) is 2.40. The fraction of sp³-hybridized carbons (Fsp3) is 0.911. The van der Waals surface area contributed by atoms with Gasteiger partial charge in [0.25, 0.3) is 0 Å². The second-order valence-electron chi connectivity index (χ2n) is 15.8. The van der Waals surface area contributed by atoms with Gasteiger partial charge in [0.1, 0.15) is 12.7 Å². The van der Waals surface area contributed by atoms with Crippen LogP contribution in [0.5, 0.6) is 0 Å². The molecule has 0 rings (SSSR count). The molecule has 0 aromatic heterocycles. The lowest BCUT2D eigenvalue weighted by Gasteiger charge is -2.20. The molecule has 0 bridgehead atoms. The Labute approximate surface area is 343 Å². The summed E-state index contributed by atoms with van der Waals surface area (Å²) in [5, 5.41) is 18.3. The first-order valence-electron chi connectivity index (χ1n) is 23.1. The minimum Gasteiger partial charge on any atom is -0.462 e. The van der Waals surface area contributed by atoms with Crippen LogP contribution in [0.4, 0.5) is 0 Å². The maximum atomic E-state index is 12.6. The van der Waals surface area contributed by atoms with Crippen molar-refractivity contribution in [3.05, 3.63) is 12.2 Å². The smallest absolute Gasteiger partial charge is 0.462 e. The third-order valence-electron chi connectivity index (χ3n) is 10.2. The third-order valence-corrected chi connectivity index (χ3v) is 11.1. The topological polar surface area (TPSA) is 149 Å². The fourth-order valence-electron chi connectivity index (χ4n) is 6.58. The minimum absolute atomic E-state index is 0.178. The molecule has 0 fully saturated rings. The number of phosphoric ester groups is 1. The Bertz CT molecular complexity index is 946. The first-order valence-corrected chi connectivity index (χ1v) is 24.6. The number of hydrogen-bond donors (Lipinski definition) is 3. The molecular formula is C45H87O10P. The normalized spacial score (nSPS) is 13.9. The maximum absolute atomic E-state index is 12.6. The van der Waals surface area contributed by atoms with Gasteiger partial charge in [-0.15, -0.1) is 0 Å². The van der Waals surface area contributed by atoms with Crippen LogP contribution in [-0.4, -0.2) is 65.7 Å². The maximum Gasteiger partial charge on any atom is 0.472 e. The van der Waals surface area contributed by atoms with Gasteiger partial charge < -0.3 is 24.6 Å². The summed E-state index contributed by atoms with van der Waals surface area (Å²) in [4.78, 5) is 35.0. The molecule has 10 nitrogen and oxygen atoms in total. The molecule has 3 atom stereocenters. The molecule has 0 aliphatic carbocycles. The summed E-state index contributed by atoms with van der Waals surface area (Å²) in [5.74, 6) is -0.922. The van der Waals surface area contributed by atoms with E-state index in [1.807, 2.05) is 0 Å². The quantitative estimate of drug-likeness (QED) is 0.0235. The monoisotopic (exact) mass is 819 g/mol. The first kappa shape index (κ1) is 54.7. The van der Waals surface area contributed by atoms with Crippen molar-refractivity contribution in [2.75, 3.05) is 26.4 Å². The van der Waals surface area contributed by atoms with E-state index >= 15 is 0 Å². The summed E-state index contributed by atoms with van der Waals surface area (Å²) in [5.41, 5.74) is 0. The average molecular weight is 819 g/mol. The van der Waals surface area contributed by atoms with Gasteiger partial charge >= 0.3 is 19.8 Å². The van der Waals surface area contributed by atoms with E-state index in [0.717, 1.165) is 57.8 Å². The summed E-state index contributed by atoms with van der Waals surface area (Å²) in [7, 11) is -4.61. The second-order valence-corrected chi connectivity index (χ2v) is 17.2. The Morgan fingerprint density at radius 1 is 0.518 bits per heavy atom. The lowest BCUT2D eigenvalue weighted by Crippen LogP contribution is -2.29. The van der Waals surface area contributed by atoms with Crippen molar-refractivity contribution in [2.24, 2.45) is 0 Å². The molecule has 0 spiro atoms. The van der Waals surface area contributed by atoms with Crippen LogP contribution in [0.25, 0.3) is 0 Å². The van der Waals surface area contributed by atoms with Gasteiger partial charge in [0, 0.05) is 12.8 Å². The number of esters is 2. The largest absolute Gasteiger partial charge is 0.472 e. The van der Waals surface area contributed by atoms with Gasteiger partial charge in [-0.1, -0.05) is 187 Å². The van der Waals surface area contributed by atoms with Crippen LogP contribution >= 0.6 is 7.82 Å². The van der Waals surface area contributed by atoms with Gasteiger partial charge in [-0.05, 0) is 38.5 Å². The summed E-state index contributed by atoms with van der Waals surface area (Å²) in [6, 6.07) is 0. The fourth-order valence-corrected chi connectivity index (χ4v) is 7.37. The highest BCUT2D eigenvalue weighted by Gasteiger charge is 2.27. The van der Waals surface area contributed by atoms with Crippen molar-refractivity contribution in [3.8, 4) is 0 Å². The highest BCUT2D eigenvalue weighted by Crippen LogP contribution is 2.43. The molecule has 0 aromatic rings. The highest BCUT2D eigenvalue weighted by molar-refractivity contribution is 7.47. The van der Waals surface area contributed by atoms with Crippen molar-refractivity contribution in [3.63, 3.8) is 0 Å². The van der Waals surface area contributed by atoms with E-state index in [4.69, 9.17) is 23.6 Å². The molecule has 56 heavy (non-hydrogen) atoms. The highest BCUT2D eigenvalue weighted by atomic mass is 31.2. The van der Waals surface area contributed by atoms with Crippen LogP contribution in [0.1, 0.15) is 226 Å². The van der Waals surface area contributed by atoms with Crippen molar-refractivity contribution in [2.45, 2.75) is 238 Å². The Balaban J connectivity index is 4.22. The summed E-state index contributed by atoms with van der Waals surface area (Å²) in [6.07, 6.45) is 40.3. The number of aliphatic hydroxyl groups excluding tert-OH is 2. The van der Waals surface area contributed by atoms with Crippen LogP contribution in [-0.2, 0) is 32.7 Å². The molecule has 0 aliphatic rings. The van der Waals surface area contributed by atoms with Crippen molar-refractivity contribution < 1.29 is 47.8 Å². The molecule has 0 aromatic carbocycles. The van der Waals surface area contributed by atoms with Crippen molar-refractivity contribution >= 4 is 19.8 Å². The second kappa shape index (κ2) is 41.9. The number of phosphoric acid groups is 1. The average Bonchev–Trinajstić information content (AvgIpc) is 3.19. The predicted molar refractivity (Wildman–Crippen MR) is 229 cm³/mol. The molecule has 0 saturated heterocycles. The van der Waals surface area contributed by atoms with E-state index in [1.54, 1.807) is 0 Å². The third kappa shape index (κ3) is 40.9. The molecule has 0 heterocycles. The van der Waals surface area contributed by atoms with Gasteiger partial charge in [0.05, 0.1) is 19.8 Å². The number of hydrogen-bond acceptors (Lipinski definition) is 9. The van der Waals surface area contributed by atoms with Crippen LogP contribution in [0.3, 0.4) is 0 Å². The zero-order chi connectivity index (χ0) is 41.2. The first-order chi connectivity index (χ1) is 27.2. The molecule has 11 heteroatoms. The predicted octanol–water partition coefficient (Wildman–Crippen LogP) is 12.4. The number of allylic oxidation sites excluding steroid dienone is 2. The van der Waals surface area contributed by atoms with Gasteiger partial charge in [0.2, 0.25) is 0 Å². The number of aliphatic hydroxyl groups is 2. The molecule has 332 valence electrons. The summed E-state index contributed by atoms with van der Waals surface area (Å²) >= 11 is 0. The van der Waals surface area contributed by atoms with E-state index in [0.29, 0.717) is 12.8 Å². The lowest BCUT2D eigenvalue weighted by molar-refractivity contribution is -0.161. The molecule has 3 N–H and O–H groups in total. The minimum atomic E-state index is -4.61. The van der Waals surface area contributed by atoms with Crippen molar-refractivity contribution in [1.29, 1.82) is 0 Å². The number of carbonyl (C=O) groups is 2. The van der Waals surface area contributed by atoms with Crippen LogP contribution in [0.15, 0.2) is 12.2 Å². The zero-order valence-electron chi connectivity index (χ0n) is 36.1. The van der Waals surface area contributed by atoms with E-state index < -0.39 is 51.8 Å². The number of ether oxygens (including phenoxy) is 2. The van der Waals surface area contributed by atoms with Gasteiger partial charge in [-0.3, -0.25) is 18.6 Å². The van der Waals surface area contributed by atoms with Gasteiger partial charge in [0.15, 0.2) is 6.10 Å². The van der Waals surface area contributed by atoms with E-state index in [9.17, 15) is 24.2 Å². The van der Waals surface area contributed by atoms with E-state index in [1.165, 1.54) is 128 Å². The number of rotatable bonds is 44. The van der Waals surface area contributed by atoms with Gasteiger partial charge in [-0.2, -0.15) is 0 Å². The molecule has 0 saturated carbocycles. The van der Waals surface area contributed by atoms with Crippen LogP contribution in [0.2, 0.25) is 0 Å². The van der Waals surface area contributed by atoms with Crippen molar-refractivity contribution in [1.82, 2.24) is 0 Å². The standard InChI is InChI=1S/C45H87O10P/c1-3-5-7-9-11-13-15-17-19-20-21-23-24-26-28-30-32-34-36-44(48)52-40-43(41-54-56(50,51)53-39-42(47)38-46)55-45(49)37-35-33-31-29-27-25-22-18-16-14-12-10-8-6-4-2/h18,22,42-43,46-47H,3-17,19-21,23-41H2,1-2H3,(H,50,51)/b22-18+/t42-,43+/m0/s1. The molecule has 1 unspecified atom stereocenters. The molecule has 0 radical (unpaired) electrons. The number of carbonyl (C=O) groups excluding carboxylic acids is 2. The Morgan fingerprint density at radius 3 is 1.29 bits per heavy atom. The zero-order valence-corrected chi connectivity index (χ0v) is 37.0. The molecule has 0 amide bonds. The Hall–Kier alpha value is -1.29. The van der Waals surface area contributed by atoms with E-state index in [-0.39, 0.29) is 19.4 Å². The Kier molecular flexibility index (Phi) is 40.9. The lowest BCUT2D eigenvalue weighted by atomic mass is 10.0. The van der Waals surface area contributed by atoms with Crippen LogP contribution < -0.4 is 0 Å². The molecule has 0 aliphatic heterocycles. The van der Waals surface area contributed by atoms with Crippen LogP contribution in [0, 0.1) is 0 Å².